The highest BCUT2D eigenvalue weighted by atomic mass is 79.9. The lowest BCUT2D eigenvalue weighted by Gasteiger charge is -2.16. The SMILES string of the molecule is CNC(C)c1cc(Br)ccc1OCc1cscn1. The van der Waals surface area contributed by atoms with Crippen molar-refractivity contribution in [1.82, 2.24) is 10.3 Å². The number of nitrogens with one attached hydrogen (secondary N) is 1. The van der Waals surface area contributed by atoms with Gasteiger partial charge in [0.2, 0.25) is 0 Å². The van der Waals surface area contributed by atoms with Crippen LogP contribution in [0.15, 0.2) is 33.6 Å². The third-order valence-corrected chi connectivity index (χ3v) is 3.86. The van der Waals surface area contributed by atoms with Gasteiger partial charge in [0.15, 0.2) is 0 Å². The van der Waals surface area contributed by atoms with Gasteiger partial charge in [0, 0.05) is 21.5 Å². The Morgan fingerprint density at radius 1 is 1.50 bits per heavy atom. The van der Waals surface area contributed by atoms with Gasteiger partial charge in [-0.15, -0.1) is 11.3 Å². The molecule has 0 fully saturated rings. The van der Waals surface area contributed by atoms with Gasteiger partial charge in [0.1, 0.15) is 12.4 Å². The lowest BCUT2D eigenvalue weighted by atomic mass is 10.1. The first-order chi connectivity index (χ1) is 8.70. The molecule has 1 aromatic carbocycles. The third-order valence-electron chi connectivity index (χ3n) is 2.73. The quantitative estimate of drug-likeness (QED) is 0.908. The molecule has 0 radical (unpaired) electrons. The number of thiazole rings is 1. The molecule has 1 unspecified atom stereocenters. The van der Waals surface area contributed by atoms with E-state index in [2.05, 4.69) is 39.2 Å². The fourth-order valence-electron chi connectivity index (χ4n) is 1.61. The van der Waals surface area contributed by atoms with Crippen LogP contribution in [0.1, 0.15) is 24.2 Å². The predicted molar refractivity (Wildman–Crippen MR) is 78.1 cm³/mol. The maximum atomic E-state index is 5.84. The molecule has 1 aromatic heterocycles. The van der Waals surface area contributed by atoms with Crippen molar-refractivity contribution >= 4 is 27.3 Å². The summed E-state index contributed by atoms with van der Waals surface area (Å²) in [6.45, 7) is 2.62. The Kier molecular flexibility index (Phi) is 4.74. The van der Waals surface area contributed by atoms with E-state index in [4.69, 9.17) is 4.74 Å². The van der Waals surface area contributed by atoms with Crippen molar-refractivity contribution in [2.75, 3.05) is 7.05 Å². The van der Waals surface area contributed by atoms with Crippen molar-refractivity contribution < 1.29 is 4.74 Å². The zero-order valence-electron chi connectivity index (χ0n) is 10.3. The van der Waals surface area contributed by atoms with Crippen LogP contribution >= 0.6 is 27.3 Å². The normalized spacial score (nSPS) is 12.4. The Morgan fingerprint density at radius 3 is 3.00 bits per heavy atom. The summed E-state index contributed by atoms with van der Waals surface area (Å²) in [6.07, 6.45) is 0. The number of aromatic nitrogens is 1. The highest BCUT2D eigenvalue weighted by molar-refractivity contribution is 9.10. The first-order valence-corrected chi connectivity index (χ1v) is 7.41. The maximum absolute atomic E-state index is 5.84. The van der Waals surface area contributed by atoms with Crippen molar-refractivity contribution in [2.45, 2.75) is 19.6 Å². The van der Waals surface area contributed by atoms with E-state index in [1.807, 2.05) is 30.1 Å². The van der Waals surface area contributed by atoms with Gasteiger partial charge in [-0.1, -0.05) is 15.9 Å². The van der Waals surface area contributed by atoms with Crippen molar-refractivity contribution in [2.24, 2.45) is 0 Å². The van der Waals surface area contributed by atoms with E-state index in [9.17, 15) is 0 Å². The van der Waals surface area contributed by atoms with Gasteiger partial charge in [-0.3, -0.25) is 0 Å². The summed E-state index contributed by atoms with van der Waals surface area (Å²) in [5.41, 5.74) is 3.92. The maximum Gasteiger partial charge on any atom is 0.131 e. The van der Waals surface area contributed by atoms with E-state index in [1.54, 1.807) is 11.3 Å². The zero-order chi connectivity index (χ0) is 13.0. The second kappa shape index (κ2) is 6.31. The first kappa shape index (κ1) is 13.5. The van der Waals surface area contributed by atoms with Crippen molar-refractivity contribution in [3.05, 3.63) is 44.8 Å². The molecular formula is C13H15BrN2OS. The Morgan fingerprint density at radius 2 is 2.33 bits per heavy atom. The fraction of sp³-hybridized carbons (Fsp3) is 0.308. The van der Waals surface area contributed by atoms with E-state index in [1.165, 1.54) is 0 Å². The summed E-state index contributed by atoms with van der Waals surface area (Å²) in [5.74, 6) is 0.896. The van der Waals surface area contributed by atoms with E-state index < -0.39 is 0 Å². The van der Waals surface area contributed by atoms with E-state index in [0.717, 1.165) is 21.5 Å². The van der Waals surface area contributed by atoms with Crippen molar-refractivity contribution in [3.8, 4) is 5.75 Å². The van der Waals surface area contributed by atoms with Crippen molar-refractivity contribution in [1.29, 1.82) is 0 Å². The zero-order valence-corrected chi connectivity index (χ0v) is 12.7. The molecule has 2 aromatic rings. The Balaban J connectivity index is 2.16. The molecule has 0 bridgehead atoms. The van der Waals surface area contributed by atoms with E-state index in [0.29, 0.717) is 6.61 Å². The molecular weight excluding hydrogens is 312 g/mol. The molecule has 0 saturated heterocycles. The van der Waals surface area contributed by atoms with Crippen LogP contribution in [0.5, 0.6) is 5.75 Å². The largest absolute Gasteiger partial charge is 0.487 e. The summed E-state index contributed by atoms with van der Waals surface area (Å²) >= 11 is 5.07. The summed E-state index contributed by atoms with van der Waals surface area (Å²) in [7, 11) is 1.94. The van der Waals surface area contributed by atoms with Gasteiger partial charge in [0.25, 0.3) is 0 Å². The van der Waals surface area contributed by atoms with E-state index in [-0.39, 0.29) is 6.04 Å². The molecule has 1 heterocycles. The number of rotatable bonds is 5. The number of benzene rings is 1. The molecule has 0 saturated carbocycles. The second-order valence-electron chi connectivity index (χ2n) is 3.96. The lowest BCUT2D eigenvalue weighted by molar-refractivity contribution is 0.296. The Labute approximate surface area is 119 Å². The summed E-state index contributed by atoms with van der Waals surface area (Å²) in [6, 6.07) is 6.30. The van der Waals surface area contributed by atoms with E-state index >= 15 is 0 Å². The molecule has 3 nitrogen and oxygen atoms in total. The Bertz CT molecular complexity index is 502. The smallest absolute Gasteiger partial charge is 0.131 e. The second-order valence-corrected chi connectivity index (χ2v) is 5.60. The lowest BCUT2D eigenvalue weighted by Crippen LogP contribution is -2.13. The van der Waals surface area contributed by atoms with Gasteiger partial charge < -0.3 is 10.1 Å². The molecule has 0 spiro atoms. The minimum atomic E-state index is 0.243. The minimum absolute atomic E-state index is 0.243. The molecule has 1 N–H and O–H groups in total. The predicted octanol–water partition coefficient (Wildman–Crippen LogP) is 3.77. The average Bonchev–Trinajstić information content (AvgIpc) is 2.89. The average molecular weight is 327 g/mol. The van der Waals surface area contributed by atoms with Gasteiger partial charge in [-0.25, -0.2) is 4.98 Å². The van der Waals surface area contributed by atoms with Gasteiger partial charge in [-0.2, -0.15) is 0 Å². The van der Waals surface area contributed by atoms with Gasteiger partial charge >= 0.3 is 0 Å². The molecule has 18 heavy (non-hydrogen) atoms. The topological polar surface area (TPSA) is 34.1 Å². The third kappa shape index (κ3) is 3.31. The van der Waals surface area contributed by atoms with Crippen LogP contribution in [0, 0.1) is 0 Å². The highest BCUT2D eigenvalue weighted by Gasteiger charge is 2.11. The number of nitrogens with zero attached hydrogens (tertiary/aromatic N) is 1. The van der Waals surface area contributed by atoms with Crippen LogP contribution in [0.25, 0.3) is 0 Å². The highest BCUT2D eigenvalue weighted by Crippen LogP contribution is 2.29. The van der Waals surface area contributed by atoms with Crippen LogP contribution in [0.4, 0.5) is 0 Å². The van der Waals surface area contributed by atoms with Crippen LogP contribution in [0.2, 0.25) is 0 Å². The van der Waals surface area contributed by atoms with Gasteiger partial charge in [0.05, 0.1) is 11.2 Å². The number of ether oxygens (including phenoxy) is 1. The fourth-order valence-corrected chi connectivity index (χ4v) is 2.53. The standard InChI is InChI=1S/C13H15BrN2OS/c1-9(15-2)12-5-10(14)3-4-13(12)17-6-11-7-18-8-16-11/h3-5,7-9,15H,6H2,1-2H3. The van der Waals surface area contributed by atoms with Crippen molar-refractivity contribution in [3.63, 3.8) is 0 Å². The molecule has 0 amide bonds. The molecule has 96 valence electrons. The molecule has 1 atom stereocenters. The number of hydrogen-bond acceptors (Lipinski definition) is 4. The first-order valence-electron chi connectivity index (χ1n) is 5.67. The Hall–Kier alpha value is -0.910. The number of hydrogen-bond donors (Lipinski definition) is 1. The molecule has 5 heteroatoms. The molecule has 2 rings (SSSR count). The van der Waals surface area contributed by atoms with Crippen LogP contribution in [0.3, 0.4) is 0 Å². The summed E-state index contributed by atoms with van der Waals surface area (Å²) < 4.78 is 6.90. The van der Waals surface area contributed by atoms with Crippen LogP contribution in [-0.4, -0.2) is 12.0 Å². The molecule has 0 aliphatic rings. The van der Waals surface area contributed by atoms with Crippen LogP contribution in [-0.2, 0) is 6.61 Å². The monoisotopic (exact) mass is 326 g/mol. The number of halogens is 1. The minimum Gasteiger partial charge on any atom is -0.487 e. The molecule has 0 aliphatic heterocycles. The molecule has 0 aliphatic carbocycles. The summed E-state index contributed by atoms with van der Waals surface area (Å²) in [4.78, 5) is 4.21. The summed E-state index contributed by atoms with van der Waals surface area (Å²) in [5, 5.41) is 5.23. The van der Waals surface area contributed by atoms with Crippen LogP contribution < -0.4 is 10.1 Å². The van der Waals surface area contributed by atoms with Gasteiger partial charge in [-0.05, 0) is 32.2 Å².